The fourth-order valence-corrected chi connectivity index (χ4v) is 5.03. The van der Waals surface area contributed by atoms with Crippen molar-refractivity contribution < 1.29 is 24.2 Å². The lowest BCUT2D eigenvalue weighted by atomic mass is 9.99. The predicted octanol–water partition coefficient (Wildman–Crippen LogP) is 4.56. The Kier molecular flexibility index (Phi) is 7.08. The molecule has 0 aliphatic carbocycles. The Morgan fingerprint density at radius 3 is 2.46 bits per heavy atom. The number of carbonyl (C=O) groups is 2. The summed E-state index contributed by atoms with van der Waals surface area (Å²) in [4.78, 5) is 50.7. The molecule has 39 heavy (non-hydrogen) atoms. The maximum Gasteiger partial charge on any atom is 0.414 e. The zero-order valence-corrected chi connectivity index (χ0v) is 20.8. The SMILES string of the molecule is O=C(NCc1cccc([N+](=O)[O-])c1)c1ccc(N2CCC(N3C(=O)OCc4ccccc43)CC2)c([N+](=O)[O-])c1. The van der Waals surface area contributed by atoms with Crippen molar-refractivity contribution in [2.24, 2.45) is 0 Å². The second kappa shape index (κ2) is 10.8. The van der Waals surface area contributed by atoms with Gasteiger partial charge in [0.2, 0.25) is 0 Å². The van der Waals surface area contributed by atoms with Crippen LogP contribution >= 0.6 is 0 Å². The van der Waals surface area contributed by atoms with Gasteiger partial charge in [-0.15, -0.1) is 0 Å². The summed E-state index contributed by atoms with van der Waals surface area (Å²) in [6, 6.07) is 17.7. The average molecular weight is 532 g/mol. The highest BCUT2D eigenvalue weighted by Gasteiger charge is 2.35. The highest BCUT2D eigenvalue weighted by atomic mass is 16.6. The maximum absolute atomic E-state index is 12.7. The Labute approximate surface area is 223 Å². The standard InChI is InChI=1S/C27H25N5O7/c33-26(28-16-18-4-3-6-22(14-18)31(35)36)19-8-9-24(25(15-19)32(37)38)29-12-10-21(11-13-29)30-23-7-2-1-5-20(23)17-39-27(30)34/h1-9,14-15,21H,10-13,16-17H2,(H,28,33). The van der Waals surface area contributed by atoms with Gasteiger partial charge in [0, 0.05) is 55.0 Å². The molecule has 1 fully saturated rings. The average Bonchev–Trinajstić information content (AvgIpc) is 2.96. The minimum Gasteiger partial charge on any atom is -0.444 e. The lowest BCUT2D eigenvalue weighted by Crippen LogP contribution is -2.49. The molecule has 2 aliphatic heterocycles. The number of hydrogen-bond donors (Lipinski definition) is 1. The lowest BCUT2D eigenvalue weighted by Gasteiger charge is -2.40. The number of amides is 2. The molecule has 200 valence electrons. The second-order valence-corrected chi connectivity index (χ2v) is 9.34. The summed E-state index contributed by atoms with van der Waals surface area (Å²) < 4.78 is 5.35. The van der Waals surface area contributed by atoms with Crippen molar-refractivity contribution in [3.05, 3.63) is 104 Å². The molecule has 0 atom stereocenters. The Morgan fingerprint density at radius 1 is 0.949 bits per heavy atom. The molecule has 0 radical (unpaired) electrons. The summed E-state index contributed by atoms with van der Waals surface area (Å²) in [5, 5.41) is 25.5. The van der Waals surface area contributed by atoms with Gasteiger partial charge in [0.15, 0.2) is 0 Å². The van der Waals surface area contributed by atoms with E-state index < -0.39 is 21.8 Å². The molecule has 2 heterocycles. The molecule has 12 heteroatoms. The van der Waals surface area contributed by atoms with Crippen LogP contribution in [0, 0.1) is 20.2 Å². The molecule has 12 nitrogen and oxygen atoms in total. The number of rotatable bonds is 7. The topological polar surface area (TPSA) is 148 Å². The van der Waals surface area contributed by atoms with Crippen LogP contribution in [0.3, 0.4) is 0 Å². The molecule has 0 unspecified atom stereocenters. The van der Waals surface area contributed by atoms with E-state index in [-0.39, 0.29) is 36.1 Å². The number of ether oxygens (including phenoxy) is 1. The zero-order chi connectivity index (χ0) is 27.5. The molecular formula is C27H25N5O7. The molecule has 0 spiro atoms. The molecule has 1 N–H and O–H groups in total. The molecule has 0 aromatic heterocycles. The van der Waals surface area contributed by atoms with Crippen molar-refractivity contribution >= 4 is 34.7 Å². The van der Waals surface area contributed by atoms with Crippen LogP contribution in [0.5, 0.6) is 0 Å². The Morgan fingerprint density at radius 2 is 1.72 bits per heavy atom. The van der Waals surface area contributed by atoms with Gasteiger partial charge in [-0.1, -0.05) is 30.3 Å². The van der Waals surface area contributed by atoms with Crippen LogP contribution in [-0.4, -0.2) is 41.0 Å². The molecule has 0 saturated carbocycles. The van der Waals surface area contributed by atoms with Crippen LogP contribution in [0.1, 0.15) is 34.3 Å². The fourth-order valence-electron chi connectivity index (χ4n) is 5.03. The number of benzene rings is 3. The summed E-state index contributed by atoms with van der Waals surface area (Å²) in [7, 11) is 0. The first kappa shape index (κ1) is 25.6. The molecule has 0 bridgehead atoms. The molecular weight excluding hydrogens is 506 g/mol. The molecule has 5 rings (SSSR count). The summed E-state index contributed by atoms with van der Waals surface area (Å²) >= 11 is 0. The van der Waals surface area contributed by atoms with Gasteiger partial charge < -0.3 is 15.0 Å². The quantitative estimate of drug-likeness (QED) is 0.345. The number of para-hydroxylation sites is 1. The van der Waals surface area contributed by atoms with Gasteiger partial charge >= 0.3 is 6.09 Å². The van der Waals surface area contributed by atoms with Gasteiger partial charge in [0.05, 0.1) is 15.5 Å². The minimum atomic E-state index is -0.530. The van der Waals surface area contributed by atoms with E-state index in [1.165, 1.54) is 30.3 Å². The van der Waals surface area contributed by atoms with E-state index in [4.69, 9.17) is 4.74 Å². The summed E-state index contributed by atoms with van der Waals surface area (Å²) in [5.41, 5.74) is 2.53. The van der Waals surface area contributed by atoms with E-state index in [0.29, 0.717) is 37.2 Å². The van der Waals surface area contributed by atoms with E-state index in [9.17, 15) is 29.8 Å². The monoisotopic (exact) mass is 531 g/mol. The van der Waals surface area contributed by atoms with Gasteiger partial charge in [-0.2, -0.15) is 0 Å². The predicted molar refractivity (Wildman–Crippen MR) is 142 cm³/mol. The van der Waals surface area contributed by atoms with Crippen LogP contribution in [0.25, 0.3) is 0 Å². The normalized spacial score (nSPS) is 15.3. The molecule has 2 amide bonds. The van der Waals surface area contributed by atoms with E-state index in [1.807, 2.05) is 29.2 Å². The lowest BCUT2D eigenvalue weighted by molar-refractivity contribution is -0.384. The number of nitro groups is 2. The van der Waals surface area contributed by atoms with E-state index in [1.54, 1.807) is 17.0 Å². The number of nitro benzene ring substituents is 2. The summed E-state index contributed by atoms with van der Waals surface area (Å²) in [6.07, 6.45) is 0.788. The number of fused-ring (bicyclic) bond motifs is 1. The van der Waals surface area contributed by atoms with Gasteiger partial charge in [-0.25, -0.2) is 4.79 Å². The third kappa shape index (κ3) is 5.35. The Bertz CT molecular complexity index is 1450. The summed E-state index contributed by atoms with van der Waals surface area (Å²) in [6.45, 7) is 1.24. The van der Waals surface area contributed by atoms with E-state index in [2.05, 4.69) is 5.32 Å². The number of hydrogen-bond acceptors (Lipinski definition) is 8. The van der Waals surface area contributed by atoms with E-state index >= 15 is 0 Å². The summed E-state index contributed by atoms with van der Waals surface area (Å²) in [5.74, 6) is -0.530. The van der Waals surface area contributed by atoms with Crippen LogP contribution in [0.4, 0.5) is 27.5 Å². The van der Waals surface area contributed by atoms with E-state index in [0.717, 1.165) is 11.3 Å². The van der Waals surface area contributed by atoms with Crippen LogP contribution in [0.2, 0.25) is 0 Å². The highest BCUT2D eigenvalue weighted by Crippen LogP contribution is 2.35. The van der Waals surface area contributed by atoms with Crippen molar-refractivity contribution in [1.29, 1.82) is 0 Å². The third-order valence-electron chi connectivity index (χ3n) is 6.98. The highest BCUT2D eigenvalue weighted by molar-refractivity contribution is 5.96. The van der Waals surface area contributed by atoms with Gasteiger partial charge in [-0.05, 0) is 36.6 Å². The molecule has 3 aromatic rings. The molecule has 2 aliphatic rings. The fraction of sp³-hybridized carbons (Fsp3) is 0.259. The number of carbonyl (C=O) groups excluding carboxylic acids is 2. The van der Waals surface area contributed by atoms with Gasteiger partial charge in [0.1, 0.15) is 12.3 Å². The van der Waals surface area contributed by atoms with Crippen LogP contribution < -0.4 is 15.1 Å². The zero-order valence-electron chi connectivity index (χ0n) is 20.8. The first-order valence-corrected chi connectivity index (χ1v) is 12.4. The maximum atomic E-state index is 12.7. The second-order valence-electron chi connectivity index (χ2n) is 9.34. The smallest absolute Gasteiger partial charge is 0.414 e. The largest absolute Gasteiger partial charge is 0.444 e. The van der Waals surface area contributed by atoms with Gasteiger partial charge in [0.25, 0.3) is 17.3 Å². The number of anilines is 2. The first-order valence-electron chi connectivity index (χ1n) is 12.4. The van der Waals surface area contributed by atoms with Crippen molar-refractivity contribution in [3.8, 4) is 0 Å². The van der Waals surface area contributed by atoms with Crippen molar-refractivity contribution in [1.82, 2.24) is 5.32 Å². The number of nitrogens with one attached hydrogen (secondary N) is 1. The van der Waals surface area contributed by atoms with Crippen molar-refractivity contribution in [2.75, 3.05) is 22.9 Å². The van der Waals surface area contributed by atoms with Crippen molar-refractivity contribution in [3.63, 3.8) is 0 Å². The Hall–Kier alpha value is -5.00. The molecule has 3 aromatic carbocycles. The van der Waals surface area contributed by atoms with Crippen LogP contribution in [-0.2, 0) is 17.9 Å². The number of piperidine rings is 1. The number of nitrogens with zero attached hydrogens (tertiary/aromatic N) is 4. The molecule has 1 saturated heterocycles. The third-order valence-corrected chi connectivity index (χ3v) is 6.98. The van der Waals surface area contributed by atoms with Crippen molar-refractivity contribution in [2.45, 2.75) is 32.0 Å². The van der Waals surface area contributed by atoms with Gasteiger partial charge in [-0.3, -0.25) is 29.9 Å². The number of cyclic esters (lactones) is 1. The Balaban J connectivity index is 1.27. The number of non-ortho nitro benzene ring substituents is 1. The first-order chi connectivity index (χ1) is 18.8. The van der Waals surface area contributed by atoms with Crippen LogP contribution in [0.15, 0.2) is 66.7 Å². The minimum absolute atomic E-state index is 0.0334.